The zero-order valence-corrected chi connectivity index (χ0v) is 17.6. The Bertz CT molecular complexity index is 1270. The van der Waals surface area contributed by atoms with E-state index in [0.717, 1.165) is 41.7 Å². The number of carbonyl (C=O) groups is 1. The quantitative estimate of drug-likeness (QED) is 0.484. The highest BCUT2D eigenvalue weighted by atomic mass is 19.1. The van der Waals surface area contributed by atoms with Crippen LogP contribution in [-0.2, 0) is 13.6 Å². The van der Waals surface area contributed by atoms with E-state index in [2.05, 4.69) is 9.97 Å². The minimum Gasteiger partial charge on any atom is -0.340 e. The summed E-state index contributed by atoms with van der Waals surface area (Å²) in [6.45, 7) is 2.36. The molecule has 1 aliphatic rings. The lowest BCUT2D eigenvalue weighted by atomic mass is 9.90. The Hall–Kier alpha value is -3.48. The van der Waals surface area contributed by atoms with E-state index in [-0.39, 0.29) is 17.8 Å². The molecular weight excluding hydrogens is 393 g/mol. The Labute approximate surface area is 180 Å². The van der Waals surface area contributed by atoms with Gasteiger partial charge in [0.05, 0.1) is 12.0 Å². The molecule has 6 nitrogen and oxygen atoms in total. The van der Waals surface area contributed by atoms with Crippen LogP contribution in [0.5, 0.6) is 0 Å². The van der Waals surface area contributed by atoms with Gasteiger partial charge in [-0.15, -0.1) is 0 Å². The zero-order valence-electron chi connectivity index (χ0n) is 17.6. The molecule has 1 amide bonds. The molecule has 1 fully saturated rings. The number of hydrogen-bond donors (Lipinski definition) is 0. The molecular formula is C24H24FN5O. The summed E-state index contributed by atoms with van der Waals surface area (Å²) in [7, 11) is 1.85. The van der Waals surface area contributed by atoms with Gasteiger partial charge in [0, 0.05) is 49.4 Å². The van der Waals surface area contributed by atoms with Gasteiger partial charge in [-0.3, -0.25) is 4.79 Å². The molecule has 0 bridgehead atoms. The van der Waals surface area contributed by atoms with Crippen LogP contribution in [-0.4, -0.2) is 35.8 Å². The first-order valence-electron chi connectivity index (χ1n) is 10.5. The molecule has 5 rings (SSSR count). The molecule has 31 heavy (non-hydrogen) atoms. The Morgan fingerprint density at radius 2 is 2.03 bits per heavy atom. The topological polar surface area (TPSA) is 55.4 Å². The maximum atomic E-state index is 14.7. The third-order valence-corrected chi connectivity index (χ3v) is 5.97. The predicted octanol–water partition coefficient (Wildman–Crippen LogP) is 4.38. The summed E-state index contributed by atoms with van der Waals surface area (Å²) in [5.74, 6) is -0.363. The third-order valence-electron chi connectivity index (χ3n) is 5.97. The second-order valence-electron chi connectivity index (χ2n) is 8.32. The van der Waals surface area contributed by atoms with E-state index in [1.807, 2.05) is 53.9 Å². The standard InChI is InChI=1S/C24H24FN5O/c1-16-11-29-13-18(7-9-23(29)27-16)20-10-17(6-8-21(20)25)12-30(19-4-3-5-19)24(31)22-14-28(2)15-26-22/h6-11,13-15,19H,3-5,12H2,1-2H3. The first-order chi connectivity index (χ1) is 15.0. The summed E-state index contributed by atoms with van der Waals surface area (Å²) in [5, 5.41) is 0. The molecule has 158 valence electrons. The van der Waals surface area contributed by atoms with Crippen LogP contribution in [0.4, 0.5) is 4.39 Å². The maximum absolute atomic E-state index is 14.7. The van der Waals surface area contributed by atoms with Crippen molar-refractivity contribution in [2.75, 3.05) is 0 Å². The Morgan fingerprint density at radius 3 is 2.74 bits per heavy atom. The van der Waals surface area contributed by atoms with Crippen LogP contribution in [0.1, 0.15) is 41.0 Å². The molecule has 0 N–H and O–H groups in total. The van der Waals surface area contributed by atoms with Gasteiger partial charge < -0.3 is 13.9 Å². The SMILES string of the molecule is Cc1cn2cc(-c3cc(CN(C(=O)c4cn(C)cn4)C4CCC4)ccc3F)ccc2n1. The summed E-state index contributed by atoms with van der Waals surface area (Å²) in [4.78, 5) is 23.7. The minimum atomic E-state index is -0.286. The van der Waals surface area contributed by atoms with E-state index in [4.69, 9.17) is 0 Å². The number of fused-ring (bicyclic) bond motifs is 1. The monoisotopic (exact) mass is 417 g/mol. The smallest absolute Gasteiger partial charge is 0.274 e. The fraction of sp³-hybridized carbons (Fsp3) is 0.292. The Balaban J connectivity index is 1.47. The largest absolute Gasteiger partial charge is 0.340 e. The maximum Gasteiger partial charge on any atom is 0.274 e. The van der Waals surface area contributed by atoms with Crippen molar-refractivity contribution in [1.82, 2.24) is 23.8 Å². The van der Waals surface area contributed by atoms with Gasteiger partial charge in [0.2, 0.25) is 0 Å². The van der Waals surface area contributed by atoms with Gasteiger partial charge in [0.15, 0.2) is 0 Å². The molecule has 1 saturated carbocycles. The van der Waals surface area contributed by atoms with Crippen molar-refractivity contribution in [2.24, 2.45) is 7.05 Å². The lowest BCUT2D eigenvalue weighted by Gasteiger charge is -2.37. The lowest BCUT2D eigenvalue weighted by molar-refractivity contribution is 0.0551. The van der Waals surface area contributed by atoms with E-state index in [9.17, 15) is 9.18 Å². The third kappa shape index (κ3) is 3.71. The average Bonchev–Trinajstić information content (AvgIpc) is 3.30. The molecule has 0 unspecified atom stereocenters. The molecule has 3 heterocycles. The van der Waals surface area contributed by atoms with Crippen LogP contribution in [0, 0.1) is 12.7 Å². The van der Waals surface area contributed by atoms with E-state index < -0.39 is 0 Å². The van der Waals surface area contributed by atoms with Crippen LogP contribution < -0.4 is 0 Å². The number of halogens is 1. The Morgan fingerprint density at radius 1 is 1.19 bits per heavy atom. The van der Waals surface area contributed by atoms with Crippen LogP contribution in [0.2, 0.25) is 0 Å². The number of carbonyl (C=O) groups excluding carboxylic acids is 1. The van der Waals surface area contributed by atoms with Gasteiger partial charge in [-0.2, -0.15) is 0 Å². The van der Waals surface area contributed by atoms with Crippen molar-refractivity contribution in [3.8, 4) is 11.1 Å². The van der Waals surface area contributed by atoms with Gasteiger partial charge in [0.1, 0.15) is 17.2 Å². The summed E-state index contributed by atoms with van der Waals surface area (Å²) >= 11 is 0. The highest BCUT2D eigenvalue weighted by molar-refractivity contribution is 5.92. The number of aromatic nitrogens is 4. The highest BCUT2D eigenvalue weighted by Gasteiger charge is 2.30. The van der Waals surface area contributed by atoms with Gasteiger partial charge in [-0.1, -0.05) is 6.07 Å². The molecule has 1 aromatic carbocycles. The summed E-state index contributed by atoms with van der Waals surface area (Å²) in [6, 6.07) is 9.06. The van der Waals surface area contributed by atoms with Crippen LogP contribution in [0.25, 0.3) is 16.8 Å². The van der Waals surface area contributed by atoms with Gasteiger partial charge >= 0.3 is 0 Å². The molecule has 1 aliphatic carbocycles. The molecule has 0 aliphatic heterocycles. The molecule has 0 atom stereocenters. The number of amides is 1. The normalized spacial score (nSPS) is 14.0. The summed E-state index contributed by atoms with van der Waals surface area (Å²) < 4.78 is 18.4. The first kappa shape index (κ1) is 19.5. The second kappa shape index (κ2) is 7.65. The van der Waals surface area contributed by atoms with Crippen LogP contribution in [0.3, 0.4) is 0 Å². The van der Waals surface area contributed by atoms with Crippen molar-refractivity contribution in [1.29, 1.82) is 0 Å². The fourth-order valence-corrected chi connectivity index (χ4v) is 4.10. The van der Waals surface area contributed by atoms with Gasteiger partial charge in [-0.05, 0) is 56.0 Å². The predicted molar refractivity (Wildman–Crippen MR) is 116 cm³/mol. The first-order valence-corrected chi connectivity index (χ1v) is 10.5. The van der Waals surface area contributed by atoms with E-state index in [1.165, 1.54) is 6.07 Å². The lowest BCUT2D eigenvalue weighted by Crippen LogP contribution is -2.43. The number of nitrogens with zero attached hydrogens (tertiary/aromatic N) is 5. The van der Waals surface area contributed by atoms with Crippen molar-refractivity contribution < 1.29 is 9.18 Å². The number of imidazole rings is 2. The molecule has 7 heteroatoms. The van der Waals surface area contributed by atoms with Crippen molar-refractivity contribution >= 4 is 11.6 Å². The number of benzene rings is 1. The molecule has 4 aromatic rings. The minimum absolute atomic E-state index is 0.0773. The van der Waals surface area contributed by atoms with Crippen molar-refractivity contribution in [3.05, 3.63) is 78.0 Å². The number of aryl methyl sites for hydroxylation is 2. The average molecular weight is 417 g/mol. The van der Waals surface area contributed by atoms with Crippen LogP contribution >= 0.6 is 0 Å². The van der Waals surface area contributed by atoms with Crippen molar-refractivity contribution in [3.63, 3.8) is 0 Å². The molecule has 0 spiro atoms. The van der Waals surface area contributed by atoms with Crippen molar-refractivity contribution in [2.45, 2.75) is 38.8 Å². The zero-order chi connectivity index (χ0) is 21.5. The summed E-state index contributed by atoms with van der Waals surface area (Å²) in [5.41, 5.74) is 4.37. The number of pyridine rings is 1. The Kier molecular flexibility index (Phi) is 4.81. The van der Waals surface area contributed by atoms with E-state index in [0.29, 0.717) is 17.8 Å². The van der Waals surface area contributed by atoms with Gasteiger partial charge in [0.25, 0.3) is 5.91 Å². The van der Waals surface area contributed by atoms with Crippen LogP contribution in [0.15, 0.2) is 55.2 Å². The fourth-order valence-electron chi connectivity index (χ4n) is 4.10. The highest BCUT2D eigenvalue weighted by Crippen LogP contribution is 2.30. The number of rotatable bonds is 5. The second-order valence-corrected chi connectivity index (χ2v) is 8.32. The van der Waals surface area contributed by atoms with Gasteiger partial charge in [-0.25, -0.2) is 14.4 Å². The summed E-state index contributed by atoms with van der Waals surface area (Å²) in [6.07, 6.45) is 10.3. The number of hydrogen-bond acceptors (Lipinski definition) is 3. The van der Waals surface area contributed by atoms with E-state index in [1.54, 1.807) is 23.2 Å². The molecule has 0 saturated heterocycles. The molecule has 3 aromatic heterocycles. The molecule has 0 radical (unpaired) electrons. The van der Waals surface area contributed by atoms with E-state index >= 15 is 0 Å².